The minimum atomic E-state index is -0.277. The van der Waals surface area contributed by atoms with Gasteiger partial charge in [0, 0.05) is 7.11 Å². The van der Waals surface area contributed by atoms with E-state index >= 15 is 0 Å². The average molecular weight is 184 g/mol. The predicted molar refractivity (Wildman–Crippen MR) is 52.4 cm³/mol. The molecule has 0 aliphatic carbocycles. The molecule has 1 aromatic carbocycles. The lowest BCUT2D eigenvalue weighted by Crippen LogP contribution is -1.89. The van der Waals surface area contributed by atoms with Crippen LogP contribution in [0.25, 0.3) is 0 Å². The quantitative estimate of drug-likeness (QED) is 0.539. The smallest absolute Gasteiger partial charge is 0.137 e. The van der Waals surface area contributed by atoms with E-state index in [0.29, 0.717) is 0 Å². The second-order valence-electron chi connectivity index (χ2n) is 1.99. The molecule has 1 aromatic rings. The minimum Gasteiger partial charge on any atom is -0.400 e. The Kier molecular flexibility index (Phi) is 6.42. The van der Waals surface area contributed by atoms with E-state index in [4.69, 9.17) is 5.11 Å². The third-order valence-electron chi connectivity index (χ3n) is 1.27. The van der Waals surface area contributed by atoms with Crippen LogP contribution in [0.3, 0.4) is 0 Å². The maximum absolute atomic E-state index is 10.2. The number of carbonyl (C=O) groups is 1. The van der Waals surface area contributed by atoms with Crippen LogP contribution in [0.5, 0.6) is 0 Å². The summed E-state index contributed by atoms with van der Waals surface area (Å²) < 4.78 is 0. The van der Waals surface area contributed by atoms with Crippen molar-refractivity contribution in [3.05, 3.63) is 35.9 Å². The number of aliphatic hydroxyl groups excluding tert-OH is 1. The zero-order valence-electron chi connectivity index (χ0n) is 6.84. The molecule has 0 radical (unpaired) electrons. The maximum atomic E-state index is 10.2. The molecule has 0 saturated heterocycles. The lowest BCUT2D eigenvalue weighted by Gasteiger charge is -1.99. The summed E-state index contributed by atoms with van der Waals surface area (Å²) in [6.45, 7) is 0. The maximum Gasteiger partial charge on any atom is 0.137 e. The van der Waals surface area contributed by atoms with E-state index < -0.39 is 0 Å². The van der Waals surface area contributed by atoms with Gasteiger partial charge in [0.15, 0.2) is 0 Å². The molecule has 3 heteroatoms. The SMILES string of the molecule is CO.O=CC(S)c1ccccc1. The molecular formula is C9H12O2S. The zero-order valence-corrected chi connectivity index (χ0v) is 7.74. The molecule has 1 unspecified atom stereocenters. The van der Waals surface area contributed by atoms with E-state index in [2.05, 4.69) is 12.6 Å². The highest BCUT2D eigenvalue weighted by Crippen LogP contribution is 2.15. The van der Waals surface area contributed by atoms with Crippen molar-refractivity contribution in [2.45, 2.75) is 5.25 Å². The van der Waals surface area contributed by atoms with Crippen molar-refractivity contribution in [2.24, 2.45) is 0 Å². The number of benzene rings is 1. The highest BCUT2D eigenvalue weighted by Gasteiger charge is 2.00. The van der Waals surface area contributed by atoms with Crippen LogP contribution in [0.15, 0.2) is 30.3 Å². The fraction of sp³-hybridized carbons (Fsp3) is 0.222. The summed E-state index contributed by atoms with van der Waals surface area (Å²) in [6.07, 6.45) is 0.818. The third-order valence-corrected chi connectivity index (χ3v) is 1.69. The van der Waals surface area contributed by atoms with E-state index in [1.165, 1.54) is 0 Å². The molecule has 1 N–H and O–H groups in total. The molecule has 66 valence electrons. The zero-order chi connectivity index (χ0) is 9.40. The van der Waals surface area contributed by atoms with Crippen LogP contribution in [0.1, 0.15) is 10.8 Å². The Morgan fingerprint density at radius 2 is 1.83 bits per heavy atom. The van der Waals surface area contributed by atoms with Crippen molar-refractivity contribution in [1.82, 2.24) is 0 Å². The third kappa shape index (κ3) is 3.55. The number of thiol groups is 1. The standard InChI is InChI=1S/C8H8OS.CH4O/c9-6-8(10)7-4-2-1-3-5-7;1-2/h1-6,8,10H;2H,1H3. The van der Waals surface area contributed by atoms with Gasteiger partial charge in [-0.15, -0.1) is 0 Å². The molecule has 0 aromatic heterocycles. The van der Waals surface area contributed by atoms with Gasteiger partial charge in [0.05, 0.1) is 5.25 Å². The Labute approximate surface area is 77.6 Å². The Bertz CT molecular complexity index is 211. The van der Waals surface area contributed by atoms with Crippen LogP contribution in [0.4, 0.5) is 0 Å². The largest absolute Gasteiger partial charge is 0.400 e. The van der Waals surface area contributed by atoms with Crippen molar-refractivity contribution in [3.63, 3.8) is 0 Å². The number of aliphatic hydroxyl groups is 1. The summed E-state index contributed by atoms with van der Waals surface area (Å²) in [5.74, 6) is 0. The first-order valence-electron chi connectivity index (χ1n) is 3.47. The van der Waals surface area contributed by atoms with E-state index in [1.54, 1.807) is 0 Å². The minimum absolute atomic E-state index is 0.277. The summed E-state index contributed by atoms with van der Waals surface area (Å²) in [6, 6.07) is 9.46. The van der Waals surface area contributed by atoms with Gasteiger partial charge < -0.3 is 9.90 Å². The monoisotopic (exact) mass is 184 g/mol. The second-order valence-corrected chi connectivity index (χ2v) is 2.55. The molecule has 12 heavy (non-hydrogen) atoms. The first kappa shape index (κ1) is 11.2. The topological polar surface area (TPSA) is 37.3 Å². The summed E-state index contributed by atoms with van der Waals surface area (Å²) in [7, 11) is 1.00. The van der Waals surface area contributed by atoms with Crippen molar-refractivity contribution in [3.8, 4) is 0 Å². The molecule has 0 amide bonds. The van der Waals surface area contributed by atoms with Gasteiger partial charge >= 0.3 is 0 Å². The highest BCUT2D eigenvalue weighted by molar-refractivity contribution is 7.81. The Morgan fingerprint density at radius 1 is 1.33 bits per heavy atom. The Balaban J connectivity index is 0.000000561. The van der Waals surface area contributed by atoms with Crippen molar-refractivity contribution < 1.29 is 9.90 Å². The van der Waals surface area contributed by atoms with Crippen LogP contribution < -0.4 is 0 Å². The first-order valence-corrected chi connectivity index (χ1v) is 3.99. The molecule has 1 rings (SSSR count). The normalized spacial score (nSPS) is 10.9. The van der Waals surface area contributed by atoms with E-state index in [-0.39, 0.29) is 5.25 Å². The van der Waals surface area contributed by atoms with Crippen LogP contribution in [-0.2, 0) is 4.79 Å². The Morgan fingerprint density at radius 3 is 2.25 bits per heavy atom. The lowest BCUT2D eigenvalue weighted by molar-refractivity contribution is -0.107. The molecule has 0 fully saturated rings. The van der Waals surface area contributed by atoms with Crippen molar-refractivity contribution in [2.75, 3.05) is 7.11 Å². The van der Waals surface area contributed by atoms with Crippen LogP contribution >= 0.6 is 12.6 Å². The van der Waals surface area contributed by atoms with Crippen LogP contribution in [-0.4, -0.2) is 18.5 Å². The Hall–Kier alpha value is -0.800. The molecule has 0 saturated carbocycles. The number of hydrogen-bond acceptors (Lipinski definition) is 3. The molecule has 0 spiro atoms. The number of rotatable bonds is 2. The van der Waals surface area contributed by atoms with Gasteiger partial charge in [-0.1, -0.05) is 30.3 Å². The van der Waals surface area contributed by atoms with Gasteiger partial charge in [-0.3, -0.25) is 0 Å². The lowest BCUT2D eigenvalue weighted by atomic mass is 10.2. The predicted octanol–water partition coefficient (Wildman–Crippen LogP) is 1.46. The first-order chi connectivity index (χ1) is 5.84. The van der Waals surface area contributed by atoms with E-state index in [1.807, 2.05) is 30.3 Å². The molecule has 0 aliphatic rings. The molecule has 0 aliphatic heterocycles. The van der Waals surface area contributed by atoms with E-state index in [0.717, 1.165) is 19.0 Å². The molecule has 0 heterocycles. The molecule has 2 nitrogen and oxygen atoms in total. The summed E-state index contributed by atoms with van der Waals surface area (Å²) >= 11 is 4.05. The fourth-order valence-corrected chi connectivity index (χ4v) is 0.901. The van der Waals surface area contributed by atoms with Gasteiger partial charge in [0.1, 0.15) is 6.29 Å². The highest BCUT2D eigenvalue weighted by atomic mass is 32.1. The van der Waals surface area contributed by atoms with Gasteiger partial charge in [-0.2, -0.15) is 12.6 Å². The van der Waals surface area contributed by atoms with Crippen LogP contribution in [0.2, 0.25) is 0 Å². The van der Waals surface area contributed by atoms with Crippen molar-refractivity contribution in [1.29, 1.82) is 0 Å². The van der Waals surface area contributed by atoms with Crippen molar-refractivity contribution >= 4 is 18.9 Å². The summed E-state index contributed by atoms with van der Waals surface area (Å²) in [4.78, 5) is 10.2. The van der Waals surface area contributed by atoms with Gasteiger partial charge in [-0.25, -0.2) is 0 Å². The average Bonchev–Trinajstić information content (AvgIpc) is 2.21. The fourth-order valence-electron chi connectivity index (χ4n) is 0.729. The van der Waals surface area contributed by atoms with Gasteiger partial charge in [-0.05, 0) is 5.56 Å². The number of aldehydes is 1. The van der Waals surface area contributed by atoms with E-state index in [9.17, 15) is 4.79 Å². The summed E-state index contributed by atoms with van der Waals surface area (Å²) in [5, 5.41) is 6.72. The number of hydrogen-bond donors (Lipinski definition) is 2. The number of carbonyl (C=O) groups excluding carboxylic acids is 1. The van der Waals surface area contributed by atoms with Crippen LogP contribution in [0, 0.1) is 0 Å². The summed E-state index contributed by atoms with van der Waals surface area (Å²) in [5.41, 5.74) is 0.945. The second kappa shape index (κ2) is 6.88. The van der Waals surface area contributed by atoms with Gasteiger partial charge in [0.25, 0.3) is 0 Å². The molecular weight excluding hydrogens is 172 g/mol. The molecule has 0 bridgehead atoms. The molecule has 1 atom stereocenters. The van der Waals surface area contributed by atoms with Gasteiger partial charge in [0.2, 0.25) is 0 Å².